The van der Waals surface area contributed by atoms with Gasteiger partial charge in [0.1, 0.15) is 11.4 Å². The number of nitrogens with zero attached hydrogens (tertiary/aromatic N) is 1. The first-order chi connectivity index (χ1) is 13.8. The average molecular weight is 392 g/mol. The van der Waals surface area contributed by atoms with Crippen LogP contribution in [-0.4, -0.2) is 25.3 Å². The van der Waals surface area contributed by atoms with Gasteiger partial charge >= 0.3 is 6.09 Å². The third-order valence-corrected chi connectivity index (χ3v) is 4.54. The largest absolute Gasteiger partial charge is 0.494 e. The van der Waals surface area contributed by atoms with Crippen molar-refractivity contribution in [3.8, 4) is 16.9 Å². The van der Waals surface area contributed by atoms with Gasteiger partial charge in [-0.2, -0.15) is 0 Å². The number of benzene rings is 3. The molecule has 0 N–H and O–H groups in total. The van der Waals surface area contributed by atoms with Gasteiger partial charge in [-0.15, -0.1) is 0 Å². The molecule has 0 atom stereocenters. The summed E-state index contributed by atoms with van der Waals surface area (Å²) < 4.78 is 11.1. The molecule has 3 aromatic carbocycles. The van der Waals surface area contributed by atoms with Crippen molar-refractivity contribution in [2.75, 3.05) is 18.6 Å². The van der Waals surface area contributed by atoms with Crippen LogP contribution in [0.4, 0.5) is 10.5 Å². The van der Waals surface area contributed by atoms with Gasteiger partial charge in [-0.1, -0.05) is 37.3 Å². The molecule has 0 aliphatic rings. The molecule has 0 bridgehead atoms. The minimum Gasteiger partial charge on any atom is -0.494 e. The zero-order valence-corrected chi connectivity index (χ0v) is 17.9. The molecular formula is C25H29NO3. The lowest BCUT2D eigenvalue weighted by Gasteiger charge is -2.24. The summed E-state index contributed by atoms with van der Waals surface area (Å²) >= 11 is 0. The Morgan fingerprint density at radius 2 is 1.52 bits per heavy atom. The molecule has 1 amide bonds. The maximum Gasteiger partial charge on any atom is 0.414 e. The molecule has 152 valence electrons. The second-order valence-corrected chi connectivity index (χ2v) is 8.16. The minimum atomic E-state index is -0.520. The van der Waals surface area contributed by atoms with Crippen LogP contribution in [0, 0.1) is 0 Å². The van der Waals surface area contributed by atoms with Crippen molar-refractivity contribution in [3.05, 3.63) is 60.7 Å². The molecule has 0 aliphatic heterocycles. The summed E-state index contributed by atoms with van der Waals surface area (Å²) in [6, 6.07) is 20.5. The van der Waals surface area contributed by atoms with Crippen LogP contribution in [0.25, 0.3) is 21.9 Å². The Morgan fingerprint density at radius 3 is 2.17 bits per heavy atom. The topological polar surface area (TPSA) is 38.8 Å². The zero-order valence-electron chi connectivity index (χ0n) is 17.9. The number of amides is 1. The van der Waals surface area contributed by atoms with Gasteiger partial charge in [0.05, 0.1) is 6.61 Å². The van der Waals surface area contributed by atoms with Crippen molar-refractivity contribution in [2.24, 2.45) is 0 Å². The standard InChI is InChI=1S/C25H29NO3/c1-6-15-28-23-13-10-18(11-14-23)19-7-8-21-17-22(12-9-20(21)16-19)26(5)24(27)29-25(2,3)4/h7-14,16-17H,6,15H2,1-5H3. The monoisotopic (exact) mass is 391 g/mol. The quantitative estimate of drug-likeness (QED) is 0.488. The van der Waals surface area contributed by atoms with Crippen LogP contribution in [0.5, 0.6) is 5.75 Å². The summed E-state index contributed by atoms with van der Waals surface area (Å²) in [7, 11) is 1.73. The summed E-state index contributed by atoms with van der Waals surface area (Å²) in [4.78, 5) is 13.9. The maximum absolute atomic E-state index is 12.3. The molecule has 0 saturated heterocycles. The third kappa shape index (κ3) is 5.29. The minimum absolute atomic E-state index is 0.362. The highest BCUT2D eigenvalue weighted by atomic mass is 16.6. The number of carbonyl (C=O) groups is 1. The fraction of sp³-hybridized carbons (Fsp3) is 0.320. The number of hydrogen-bond acceptors (Lipinski definition) is 3. The maximum atomic E-state index is 12.3. The number of hydrogen-bond donors (Lipinski definition) is 0. The van der Waals surface area contributed by atoms with Gasteiger partial charge in [0, 0.05) is 12.7 Å². The van der Waals surface area contributed by atoms with Crippen LogP contribution in [0.1, 0.15) is 34.1 Å². The van der Waals surface area contributed by atoms with Crippen LogP contribution in [0.3, 0.4) is 0 Å². The number of anilines is 1. The Hall–Kier alpha value is -3.01. The van der Waals surface area contributed by atoms with E-state index < -0.39 is 5.60 Å². The van der Waals surface area contributed by atoms with E-state index in [1.165, 1.54) is 4.90 Å². The summed E-state index contributed by atoms with van der Waals surface area (Å²) in [5, 5.41) is 2.19. The fourth-order valence-electron chi connectivity index (χ4n) is 3.02. The van der Waals surface area contributed by atoms with Crippen LogP contribution < -0.4 is 9.64 Å². The molecule has 0 fully saturated rings. The number of ether oxygens (including phenoxy) is 2. The zero-order chi connectivity index (χ0) is 21.0. The van der Waals surface area contributed by atoms with E-state index in [1.807, 2.05) is 51.1 Å². The second kappa shape index (κ2) is 8.56. The van der Waals surface area contributed by atoms with Crippen molar-refractivity contribution >= 4 is 22.6 Å². The highest BCUT2D eigenvalue weighted by Crippen LogP contribution is 2.29. The van der Waals surface area contributed by atoms with Gasteiger partial charge in [0.2, 0.25) is 0 Å². The summed E-state index contributed by atoms with van der Waals surface area (Å²) in [5.41, 5.74) is 2.57. The van der Waals surface area contributed by atoms with E-state index in [0.29, 0.717) is 0 Å². The summed E-state index contributed by atoms with van der Waals surface area (Å²) in [6.07, 6.45) is 0.635. The predicted molar refractivity (Wildman–Crippen MR) is 120 cm³/mol. The molecule has 0 radical (unpaired) electrons. The molecule has 0 aliphatic carbocycles. The van der Waals surface area contributed by atoms with Gasteiger partial charge in [-0.25, -0.2) is 4.79 Å². The van der Waals surface area contributed by atoms with Crippen molar-refractivity contribution in [2.45, 2.75) is 39.7 Å². The smallest absolute Gasteiger partial charge is 0.414 e. The van der Waals surface area contributed by atoms with E-state index in [1.54, 1.807) is 7.05 Å². The van der Waals surface area contributed by atoms with Crippen molar-refractivity contribution in [1.82, 2.24) is 0 Å². The Kier molecular flexibility index (Phi) is 6.12. The van der Waals surface area contributed by atoms with Gasteiger partial charge < -0.3 is 9.47 Å². The second-order valence-electron chi connectivity index (χ2n) is 8.16. The summed E-state index contributed by atoms with van der Waals surface area (Å²) in [6.45, 7) is 8.42. The molecule has 0 saturated carbocycles. The summed E-state index contributed by atoms with van der Waals surface area (Å²) in [5.74, 6) is 0.895. The van der Waals surface area contributed by atoms with E-state index in [0.717, 1.165) is 46.4 Å². The molecule has 29 heavy (non-hydrogen) atoms. The molecule has 0 aromatic heterocycles. The van der Waals surface area contributed by atoms with E-state index in [4.69, 9.17) is 9.47 Å². The molecule has 0 spiro atoms. The van der Waals surface area contributed by atoms with Crippen LogP contribution in [0.15, 0.2) is 60.7 Å². The first kappa shape index (κ1) is 20.7. The van der Waals surface area contributed by atoms with Crippen molar-refractivity contribution in [3.63, 3.8) is 0 Å². The Labute approximate surface area is 173 Å². The molecule has 4 heteroatoms. The first-order valence-corrected chi connectivity index (χ1v) is 10.0. The van der Waals surface area contributed by atoms with Gasteiger partial charge in [0.25, 0.3) is 0 Å². The van der Waals surface area contributed by atoms with Crippen molar-refractivity contribution in [1.29, 1.82) is 0 Å². The van der Waals surface area contributed by atoms with E-state index in [2.05, 4.69) is 37.3 Å². The fourth-order valence-corrected chi connectivity index (χ4v) is 3.02. The Morgan fingerprint density at radius 1 is 0.897 bits per heavy atom. The van der Waals surface area contributed by atoms with Crippen LogP contribution >= 0.6 is 0 Å². The van der Waals surface area contributed by atoms with E-state index in [-0.39, 0.29) is 6.09 Å². The highest BCUT2D eigenvalue weighted by Gasteiger charge is 2.20. The van der Waals surface area contributed by atoms with E-state index in [9.17, 15) is 4.79 Å². The predicted octanol–water partition coefficient (Wildman–Crippen LogP) is 6.67. The van der Waals surface area contributed by atoms with E-state index >= 15 is 0 Å². The van der Waals surface area contributed by atoms with Crippen LogP contribution in [0.2, 0.25) is 0 Å². The lowest BCUT2D eigenvalue weighted by Crippen LogP contribution is -2.34. The molecule has 4 nitrogen and oxygen atoms in total. The average Bonchev–Trinajstić information content (AvgIpc) is 2.70. The Balaban J connectivity index is 1.81. The SMILES string of the molecule is CCCOc1ccc(-c2ccc3cc(N(C)C(=O)OC(C)(C)C)ccc3c2)cc1. The number of rotatable bonds is 5. The molecule has 0 unspecified atom stereocenters. The molecule has 3 aromatic rings. The van der Waals surface area contributed by atoms with Gasteiger partial charge in [-0.3, -0.25) is 4.90 Å². The lowest BCUT2D eigenvalue weighted by atomic mass is 10.0. The normalized spacial score (nSPS) is 11.3. The third-order valence-electron chi connectivity index (χ3n) is 4.54. The van der Waals surface area contributed by atoms with Crippen LogP contribution in [-0.2, 0) is 4.74 Å². The molecule has 0 heterocycles. The molecular weight excluding hydrogens is 362 g/mol. The lowest BCUT2D eigenvalue weighted by molar-refractivity contribution is 0.0589. The number of carbonyl (C=O) groups excluding carboxylic acids is 1. The van der Waals surface area contributed by atoms with Gasteiger partial charge in [-0.05, 0) is 79.4 Å². The Bertz CT molecular complexity index is 987. The molecule has 3 rings (SSSR count). The first-order valence-electron chi connectivity index (χ1n) is 10.0. The van der Waals surface area contributed by atoms with Gasteiger partial charge in [0.15, 0.2) is 0 Å². The van der Waals surface area contributed by atoms with Crippen molar-refractivity contribution < 1.29 is 14.3 Å². The number of fused-ring (bicyclic) bond motifs is 1. The highest BCUT2D eigenvalue weighted by molar-refractivity contribution is 5.94.